The lowest BCUT2D eigenvalue weighted by Crippen LogP contribution is -2.27. The molecule has 2 aromatic carbocycles. The maximum Gasteiger partial charge on any atom is 0.230 e. The van der Waals surface area contributed by atoms with Gasteiger partial charge in [-0.15, -0.1) is 10.2 Å². The van der Waals surface area contributed by atoms with Crippen molar-refractivity contribution in [3.63, 3.8) is 0 Å². The average Bonchev–Trinajstić information content (AvgIpc) is 3.25. The molecule has 0 spiro atoms. The Labute approximate surface area is 206 Å². The van der Waals surface area contributed by atoms with Crippen LogP contribution in [0.15, 0.2) is 72.1 Å². The summed E-state index contributed by atoms with van der Waals surface area (Å²) in [6.07, 6.45) is 4.15. The smallest absolute Gasteiger partial charge is 0.230 e. The zero-order valence-electron chi connectivity index (χ0n) is 17.8. The Morgan fingerprint density at radius 1 is 1.03 bits per heavy atom. The molecule has 9 heteroatoms. The Kier molecular flexibility index (Phi) is 7.65. The topological polar surface area (TPSA) is 72.7 Å². The number of rotatable bonds is 8. The summed E-state index contributed by atoms with van der Waals surface area (Å²) in [5.74, 6) is 0.805. The lowest BCUT2D eigenvalue weighted by Gasteiger charge is -2.14. The van der Waals surface area contributed by atoms with E-state index in [9.17, 15) is 4.79 Å². The zero-order chi connectivity index (χ0) is 23.2. The van der Waals surface area contributed by atoms with Gasteiger partial charge in [0.1, 0.15) is 0 Å². The van der Waals surface area contributed by atoms with Gasteiger partial charge in [0.15, 0.2) is 11.0 Å². The Balaban J connectivity index is 1.49. The number of aromatic nitrogens is 4. The number of hydrogen-bond donors (Lipinski definition) is 1. The van der Waals surface area contributed by atoms with Crippen molar-refractivity contribution in [1.29, 1.82) is 0 Å². The van der Waals surface area contributed by atoms with Gasteiger partial charge in [-0.3, -0.25) is 14.3 Å². The first kappa shape index (κ1) is 23.3. The standard InChI is InChI=1S/C24H21Cl2N5OS/c1-16-20(26)3-2-4-21(16)31-23(18-10-12-27-13-11-18)29-30-24(31)33-15-22(32)28-14-9-17-5-7-19(25)8-6-17/h2-8,10-13H,9,14-15H2,1H3,(H,28,32). The molecule has 0 aliphatic rings. The molecule has 0 saturated heterocycles. The Hall–Kier alpha value is -2.87. The van der Waals surface area contributed by atoms with Crippen LogP contribution in [0.5, 0.6) is 0 Å². The van der Waals surface area contributed by atoms with Gasteiger partial charge < -0.3 is 5.32 Å². The van der Waals surface area contributed by atoms with Crippen molar-refractivity contribution in [2.75, 3.05) is 12.3 Å². The van der Waals surface area contributed by atoms with Crippen LogP contribution in [0.1, 0.15) is 11.1 Å². The minimum absolute atomic E-state index is 0.0724. The molecule has 1 N–H and O–H groups in total. The normalized spacial score (nSPS) is 10.9. The van der Waals surface area contributed by atoms with Crippen LogP contribution in [0.2, 0.25) is 10.0 Å². The molecular weight excluding hydrogens is 477 g/mol. The van der Waals surface area contributed by atoms with Gasteiger partial charge in [0.25, 0.3) is 0 Å². The summed E-state index contributed by atoms with van der Waals surface area (Å²) in [7, 11) is 0. The number of nitrogens with one attached hydrogen (secondary N) is 1. The van der Waals surface area contributed by atoms with Crippen LogP contribution < -0.4 is 5.32 Å². The summed E-state index contributed by atoms with van der Waals surface area (Å²) in [6, 6.07) is 17.1. The minimum atomic E-state index is -0.0724. The van der Waals surface area contributed by atoms with Crippen LogP contribution in [-0.4, -0.2) is 38.0 Å². The van der Waals surface area contributed by atoms with Crippen molar-refractivity contribution < 1.29 is 4.79 Å². The minimum Gasteiger partial charge on any atom is -0.355 e. The highest BCUT2D eigenvalue weighted by Crippen LogP contribution is 2.31. The van der Waals surface area contributed by atoms with Gasteiger partial charge >= 0.3 is 0 Å². The molecule has 0 unspecified atom stereocenters. The number of hydrogen-bond acceptors (Lipinski definition) is 5. The van der Waals surface area contributed by atoms with Crippen LogP contribution in [0.3, 0.4) is 0 Å². The summed E-state index contributed by atoms with van der Waals surface area (Å²) in [4.78, 5) is 16.5. The number of thioether (sulfide) groups is 1. The van der Waals surface area contributed by atoms with E-state index in [1.165, 1.54) is 11.8 Å². The molecule has 0 aliphatic carbocycles. The number of carbonyl (C=O) groups is 1. The maximum absolute atomic E-state index is 12.5. The fourth-order valence-corrected chi connectivity index (χ4v) is 4.36. The Morgan fingerprint density at radius 3 is 2.55 bits per heavy atom. The number of pyridine rings is 1. The van der Waals surface area contributed by atoms with E-state index in [0.717, 1.165) is 28.8 Å². The van der Waals surface area contributed by atoms with E-state index in [4.69, 9.17) is 23.2 Å². The van der Waals surface area contributed by atoms with Crippen LogP contribution in [-0.2, 0) is 11.2 Å². The predicted molar refractivity (Wildman–Crippen MR) is 133 cm³/mol. The van der Waals surface area contributed by atoms with Crippen LogP contribution in [0.4, 0.5) is 0 Å². The van der Waals surface area contributed by atoms with E-state index in [1.54, 1.807) is 12.4 Å². The summed E-state index contributed by atoms with van der Waals surface area (Å²) in [5.41, 5.74) is 3.76. The second-order valence-corrected chi connectivity index (χ2v) is 9.06. The molecule has 0 atom stereocenters. The van der Waals surface area contributed by atoms with Crippen molar-refractivity contribution in [3.8, 4) is 17.1 Å². The first-order chi connectivity index (χ1) is 16.0. The molecule has 4 rings (SSSR count). The van der Waals surface area contributed by atoms with Crippen LogP contribution in [0.25, 0.3) is 17.1 Å². The highest BCUT2D eigenvalue weighted by atomic mass is 35.5. The molecule has 33 heavy (non-hydrogen) atoms. The number of halogens is 2. The summed E-state index contributed by atoms with van der Waals surface area (Å²) in [6.45, 7) is 2.50. The number of carbonyl (C=O) groups excluding carboxylic acids is 1. The van der Waals surface area contributed by atoms with Crippen LogP contribution in [0, 0.1) is 6.92 Å². The predicted octanol–water partition coefficient (Wildman–Crippen LogP) is 5.40. The summed E-state index contributed by atoms with van der Waals surface area (Å²) in [5, 5.41) is 13.7. The lowest BCUT2D eigenvalue weighted by atomic mass is 10.1. The van der Waals surface area contributed by atoms with Gasteiger partial charge in [0.2, 0.25) is 5.91 Å². The van der Waals surface area contributed by atoms with Gasteiger partial charge in [-0.05, 0) is 60.9 Å². The summed E-state index contributed by atoms with van der Waals surface area (Å²) < 4.78 is 1.93. The molecule has 0 bridgehead atoms. The van der Waals surface area contributed by atoms with Gasteiger partial charge in [0.05, 0.1) is 11.4 Å². The molecule has 0 radical (unpaired) electrons. The van der Waals surface area contributed by atoms with Crippen molar-refractivity contribution in [3.05, 3.63) is 88.2 Å². The first-order valence-corrected chi connectivity index (χ1v) is 12.0. The molecule has 0 fully saturated rings. The van der Waals surface area contributed by atoms with E-state index in [-0.39, 0.29) is 11.7 Å². The maximum atomic E-state index is 12.5. The van der Waals surface area contributed by atoms with Gasteiger partial charge in [-0.1, -0.05) is 53.2 Å². The second-order valence-electron chi connectivity index (χ2n) is 7.28. The molecule has 168 valence electrons. The Morgan fingerprint density at radius 2 is 1.79 bits per heavy atom. The molecule has 6 nitrogen and oxygen atoms in total. The lowest BCUT2D eigenvalue weighted by molar-refractivity contribution is -0.118. The van der Waals surface area contributed by atoms with Crippen LogP contribution >= 0.6 is 35.0 Å². The fraction of sp³-hybridized carbons (Fsp3) is 0.167. The number of nitrogens with zero attached hydrogens (tertiary/aromatic N) is 4. The van der Waals surface area contributed by atoms with E-state index in [0.29, 0.717) is 27.6 Å². The van der Waals surface area contributed by atoms with E-state index >= 15 is 0 Å². The number of benzene rings is 2. The third kappa shape index (κ3) is 5.74. The van der Waals surface area contributed by atoms with Crippen molar-refractivity contribution >= 4 is 40.9 Å². The summed E-state index contributed by atoms with van der Waals surface area (Å²) >= 11 is 13.6. The van der Waals surface area contributed by atoms with Crippen molar-refractivity contribution in [2.24, 2.45) is 0 Å². The van der Waals surface area contributed by atoms with Crippen molar-refractivity contribution in [1.82, 2.24) is 25.1 Å². The average molecular weight is 498 g/mol. The van der Waals surface area contributed by atoms with Gasteiger partial charge in [-0.25, -0.2) is 0 Å². The third-order valence-electron chi connectivity index (χ3n) is 5.03. The fourth-order valence-electron chi connectivity index (χ4n) is 3.29. The molecular formula is C24H21Cl2N5OS. The molecule has 2 aromatic heterocycles. The van der Waals surface area contributed by atoms with E-state index in [1.807, 2.05) is 66.1 Å². The second kappa shape index (κ2) is 10.8. The van der Waals surface area contributed by atoms with Gasteiger partial charge in [0, 0.05) is 34.5 Å². The highest BCUT2D eigenvalue weighted by Gasteiger charge is 2.19. The van der Waals surface area contributed by atoms with Crippen molar-refractivity contribution in [2.45, 2.75) is 18.5 Å². The quantitative estimate of drug-likeness (QED) is 0.330. The van der Waals surface area contributed by atoms with E-state index < -0.39 is 0 Å². The number of amides is 1. The zero-order valence-corrected chi connectivity index (χ0v) is 20.2. The largest absolute Gasteiger partial charge is 0.355 e. The SMILES string of the molecule is Cc1c(Cl)cccc1-n1c(SCC(=O)NCCc2ccc(Cl)cc2)nnc1-c1ccncc1. The van der Waals surface area contributed by atoms with E-state index in [2.05, 4.69) is 20.5 Å². The molecule has 1 amide bonds. The monoisotopic (exact) mass is 497 g/mol. The third-order valence-corrected chi connectivity index (χ3v) is 6.62. The van der Waals surface area contributed by atoms with Gasteiger partial charge in [-0.2, -0.15) is 0 Å². The molecule has 0 aliphatic heterocycles. The molecule has 2 heterocycles. The molecule has 4 aromatic rings. The highest BCUT2D eigenvalue weighted by molar-refractivity contribution is 7.99. The first-order valence-electron chi connectivity index (χ1n) is 10.3. The molecule has 0 saturated carbocycles. The Bertz CT molecular complexity index is 1250.